The van der Waals surface area contributed by atoms with Crippen molar-refractivity contribution in [3.8, 4) is 0 Å². The van der Waals surface area contributed by atoms with Crippen LogP contribution in [0.4, 0.5) is 20.6 Å². The van der Waals surface area contributed by atoms with Gasteiger partial charge in [0.2, 0.25) is 0 Å². The molecule has 2 aliphatic rings. The van der Waals surface area contributed by atoms with Crippen LogP contribution in [0.2, 0.25) is 0 Å². The minimum absolute atomic E-state index is 0.276. The van der Waals surface area contributed by atoms with Crippen molar-refractivity contribution in [3.05, 3.63) is 36.4 Å². The average molecular weight is 389 g/mol. The number of anilines is 2. The molecule has 2 heterocycles. The van der Waals surface area contributed by atoms with Gasteiger partial charge in [-0.2, -0.15) is 10.2 Å². The molecule has 0 spiro atoms. The van der Waals surface area contributed by atoms with Crippen LogP contribution in [0, 0.1) is 5.82 Å². The summed E-state index contributed by atoms with van der Waals surface area (Å²) < 4.78 is 20.0. The van der Waals surface area contributed by atoms with Crippen molar-refractivity contribution in [2.45, 2.75) is 13.0 Å². The van der Waals surface area contributed by atoms with Crippen molar-refractivity contribution in [2.75, 3.05) is 42.5 Å². The number of carbonyl (C=O) groups is 1. The maximum Gasteiger partial charge on any atom is 0.414 e. The van der Waals surface area contributed by atoms with E-state index in [1.54, 1.807) is 23.4 Å². The fourth-order valence-electron chi connectivity index (χ4n) is 3.09. The van der Waals surface area contributed by atoms with E-state index in [1.165, 1.54) is 28.4 Å². The van der Waals surface area contributed by atoms with Gasteiger partial charge in [-0.3, -0.25) is 14.9 Å². The summed E-state index contributed by atoms with van der Waals surface area (Å²) in [5.41, 5.74) is 6.20. The van der Waals surface area contributed by atoms with E-state index < -0.39 is 18.0 Å². The molecular weight excluding hydrogens is 365 g/mol. The fourth-order valence-corrected chi connectivity index (χ4v) is 3.09. The Bertz CT molecular complexity index is 785. The number of hydrazone groups is 2. The molecular formula is C18H24FN7O2. The van der Waals surface area contributed by atoms with E-state index in [-0.39, 0.29) is 6.54 Å². The van der Waals surface area contributed by atoms with Crippen molar-refractivity contribution in [3.63, 3.8) is 0 Å². The number of hydrogen-bond acceptors (Lipinski definition) is 8. The summed E-state index contributed by atoms with van der Waals surface area (Å²) in [7, 11) is 0. The monoisotopic (exact) mass is 389 g/mol. The van der Waals surface area contributed by atoms with Gasteiger partial charge in [-0.15, -0.1) is 0 Å². The van der Waals surface area contributed by atoms with E-state index in [9.17, 15) is 9.18 Å². The molecule has 0 radical (unpaired) electrons. The number of amides is 1. The van der Waals surface area contributed by atoms with Crippen molar-refractivity contribution < 1.29 is 13.9 Å². The molecule has 28 heavy (non-hydrogen) atoms. The highest BCUT2D eigenvalue weighted by Crippen LogP contribution is 2.28. The van der Waals surface area contributed by atoms with Crippen molar-refractivity contribution in [1.82, 2.24) is 10.0 Å². The maximum atomic E-state index is 14.7. The zero-order valence-electron chi connectivity index (χ0n) is 15.7. The standard InChI is InChI=1S/C18H24FN7O2/c1-3-24-9-8-23(13-22-24)17-5-4-14(10-16(17)19)26-12-15(28-18(26)27)11-25(21-2)7-6-20/h4-7,10,13,15H,2-3,8-9,11-12,20H2,1H3/b7-6-/t15-/m0/s1. The molecule has 10 heteroatoms. The Morgan fingerprint density at radius 3 is 2.93 bits per heavy atom. The number of carbonyl (C=O) groups excluding carboxylic acids is 1. The number of nitrogens with two attached hydrogens (primary N) is 1. The minimum Gasteiger partial charge on any atom is -0.442 e. The van der Waals surface area contributed by atoms with Crippen LogP contribution in [-0.2, 0) is 4.74 Å². The highest BCUT2D eigenvalue weighted by molar-refractivity contribution is 5.90. The number of likely N-dealkylation sites (N-methyl/N-ethyl adjacent to an activating group) is 1. The summed E-state index contributed by atoms with van der Waals surface area (Å²) in [4.78, 5) is 15.4. The van der Waals surface area contributed by atoms with Crippen LogP contribution in [0.3, 0.4) is 0 Å². The van der Waals surface area contributed by atoms with Gasteiger partial charge in [0.05, 0.1) is 31.0 Å². The Balaban J connectivity index is 1.70. The predicted octanol–water partition coefficient (Wildman–Crippen LogP) is 1.58. The number of halogens is 1. The quantitative estimate of drug-likeness (QED) is 0.563. The lowest BCUT2D eigenvalue weighted by molar-refractivity contribution is 0.123. The number of nitrogens with zero attached hydrogens (tertiary/aromatic N) is 6. The zero-order chi connectivity index (χ0) is 20.1. The molecule has 2 aliphatic heterocycles. The molecule has 1 saturated heterocycles. The second-order valence-electron chi connectivity index (χ2n) is 6.33. The minimum atomic E-state index is -0.531. The van der Waals surface area contributed by atoms with Gasteiger partial charge in [-0.25, -0.2) is 9.18 Å². The highest BCUT2D eigenvalue weighted by atomic mass is 19.1. The second kappa shape index (κ2) is 8.59. The van der Waals surface area contributed by atoms with E-state index in [0.717, 1.165) is 13.1 Å². The van der Waals surface area contributed by atoms with E-state index in [1.807, 2.05) is 11.9 Å². The van der Waals surface area contributed by atoms with Crippen LogP contribution >= 0.6 is 0 Å². The average Bonchev–Trinajstić information content (AvgIpc) is 3.07. The SMILES string of the molecule is C=NN(/C=C\N)C[C@H]1CN(c2ccc(N3C=NN(CC)CC3)c(F)c2)C(=O)O1. The van der Waals surface area contributed by atoms with Gasteiger partial charge < -0.3 is 15.4 Å². The largest absolute Gasteiger partial charge is 0.442 e. The fraction of sp³-hybridized carbons (Fsp3) is 0.389. The summed E-state index contributed by atoms with van der Waals surface area (Å²) in [5.74, 6) is -0.425. The molecule has 1 amide bonds. The Hall–Kier alpha value is -3.30. The van der Waals surface area contributed by atoms with E-state index in [2.05, 4.69) is 16.9 Å². The Kier molecular flexibility index (Phi) is 5.97. The van der Waals surface area contributed by atoms with Crippen molar-refractivity contribution in [2.24, 2.45) is 15.9 Å². The Labute approximate surface area is 163 Å². The first-order valence-corrected chi connectivity index (χ1v) is 9.00. The van der Waals surface area contributed by atoms with Crippen LogP contribution in [0.15, 0.2) is 40.8 Å². The highest BCUT2D eigenvalue weighted by Gasteiger charge is 2.33. The topological polar surface area (TPSA) is 90.0 Å². The Morgan fingerprint density at radius 1 is 1.50 bits per heavy atom. The van der Waals surface area contributed by atoms with Gasteiger partial charge in [0.15, 0.2) is 0 Å². The first kappa shape index (κ1) is 19.5. The molecule has 1 fully saturated rings. The van der Waals surface area contributed by atoms with Gasteiger partial charge in [-0.1, -0.05) is 0 Å². The molecule has 0 aromatic heterocycles. The number of hydrogen-bond donors (Lipinski definition) is 1. The van der Waals surface area contributed by atoms with Crippen molar-refractivity contribution >= 4 is 30.5 Å². The third-order valence-electron chi connectivity index (χ3n) is 4.58. The number of ether oxygens (including phenoxy) is 1. The van der Waals surface area contributed by atoms with E-state index >= 15 is 0 Å². The molecule has 3 rings (SSSR count). The smallest absolute Gasteiger partial charge is 0.414 e. The molecule has 0 aliphatic carbocycles. The van der Waals surface area contributed by atoms with Gasteiger partial charge >= 0.3 is 6.09 Å². The molecule has 0 saturated carbocycles. The molecule has 0 bridgehead atoms. The summed E-state index contributed by atoms with van der Waals surface area (Å²) in [5, 5.41) is 11.4. The van der Waals surface area contributed by atoms with Crippen LogP contribution in [0.25, 0.3) is 0 Å². The first-order valence-electron chi connectivity index (χ1n) is 9.00. The maximum absolute atomic E-state index is 14.7. The molecule has 1 aromatic carbocycles. The molecule has 9 nitrogen and oxygen atoms in total. The predicted molar refractivity (Wildman–Crippen MR) is 107 cm³/mol. The summed E-state index contributed by atoms with van der Waals surface area (Å²) in [6.45, 7) is 8.21. The summed E-state index contributed by atoms with van der Waals surface area (Å²) >= 11 is 0. The lowest BCUT2D eigenvalue weighted by Crippen LogP contribution is -2.38. The Morgan fingerprint density at radius 2 is 2.32 bits per heavy atom. The second-order valence-corrected chi connectivity index (χ2v) is 6.33. The van der Waals surface area contributed by atoms with Gasteiger partial charge in [0.1, 0.15) is 18.3 Å². The van der Waals surface area contributed by atoms with Crippen molar-refractivity contribution in [1.29, 1.82) is 0 Å². The summed E-state index contributed by atoms with van der Waals surface area (Å²) in [6, 6.07) is 4.68. The zero-order valence-corrected chi connectivity index (χ0v) is 15.7. The van der Waals surface area contributed by atoms with Crippen LogP contribution in [0.5, 0.6) is 0 Å². The first-order chi connectivity index (χ1) is 13.5. The summed E-state index contributed by atoms with van der Waals surface area (Å²) in [6.07, 6.45) is 3.49. The molecule has 2 N–H and O–H groups in total. The molecule has 1 atom stereocenters. The third kappa shape index (κ3) is 4.16. The molecule has 0 unspecified atom stereocenters. The number of cyclic esters (lactones) is 1. The van der Waals surface area contributed by atoms with Gasteiger partial charge in [0, 0.05) is 32.2 Å². The normalized spacial score (nSPS) is 19.4. The van der Waals surface area contributed by atoms with Gasteiger partial charge in [0.25, 0.3) is 0 Å². The van der Waals surface area contributed by atoms with Gasteiger partial charge in [-0.05, 0) is 25.1 Å². The lowest BCUT2D eigenvalue weighted by Gasteiger charge is -2.29. The van der Waals surface area contributed by atoms with Crippen LogP contribution < -0.4 is 15.5 Å². The lowest BCUT2D eigenvalue weighted by atomic mass is 10.2. The van der Waals surface area contributed by atoms with E-state index in [4.69, 9.17) is 10.5 Å². The number of rotatable bonds is 7. The van der Waals surface area contributed by atoms with E-state index in [0.29, 0.717) is 24.5 Å². The van der Waals surface area contributed by atoms with Crippen LogP contribution in [-0.4, -0.2) is 68.0 Å². The van der Waals surface area contributed by atoms with Crippen LogP contribution in [0.1, 0.15) is 6.92 Å². The molecule has 150 valence electrons. The molecule has 1 aromatic rings. The number of benzene rings is 1. The third-order valence-corrected chi connectivity index (χ3v) is 4.58.